The molecule has 0 heterocycles. The van der Waals surface area contributed by atoms with Gasteiger partial charge in [-0.3, -0.25) is 0 Å². The predicted octanol–water partition coefficient (Wildman–Crippen LogP) is 3.94. The van der Waals surface area contributed by atoms with Crippen LogP contribution in [0, 0.1) is 23.7 Å². The highest BCUT2D eigenvalue weighted by molar-refractivity contribution is 5.88. The second-order valence-electron chi connectivity index (χ2n) is 5.22. The Bertz CT molecular complexity index is 959. The van der Waals surface area contributed by atoms with E-state index in [-0.39, 0.29) is 0 Å². The van der Waals surface area contributed by atoms with Crippen molar-refractivity contribution in [2.45, 2.75) is 6.10 Å². The molecule has 24 heavy (non-hydrogen) atoms. The SMILES string of the molecule is COc1ccc(C(O)C#CC#Cc2cccc3ccccc23)cc1. The summed E-state index contributed by atoms with van der Waals surface area (Å²) in [5.41, 5.74) is 1.65. The molecule has 0 amide bonds. The number of fused-ring (bicyclic) bond motifs is 1. The van der Waals surface area contributed by atoms with Crippen molar-refractivity contribution in [3.05, 3.63) is 77.9 Å². The van der Waals surface area contributed by atoms with Crippen molar-refractivity contribution in [1.82, 2.24) is 0 Å². The van der Waals surface area contributed by atoms with Crippen molar-refractivity contribution in [1.29, 1.82) is 0 Å². The van der Waals surface area contributed by atoms with Gasteiger partial charge in [0, 0.05) is 5.56 Å². The van der Waals surface area contributed by atoms with Crippen molar-refractivity contribution in [3.63, 3.8) is 0 Å². The van der Waals surface area contributed by atoms with Gasteiger partial charge in [-0.1, -0.05) is 60.4 Å². The Hall–Kier alpha value is -3.20. The van der Waals surface area contributed by atoms with E-state index in [9.17, 15) is 5.11 Å². The molecule has 0 bridgehead atoms. The van der Waals surface area contributed by atoms with E-state index >= 15 is 0 Å². The van der Waals surface area contributed by atoms with Crippen LogP contribution in [0.4, 0.5) is 0 Å². The third-order valence-electron chi connectivity index (χ3n) is 3.69. The molecule has 0 spiro atoms. The average molecular weight is 312 g/mol. The number of benzene rings is 3. The fourth-order valence-electron chi connectivity index (χ4n) is 2.41. The Morgan fingerprint density at radius 2 is 1.62 bits per heavy atom. The maximum atomic E-state index is 10.1. The van der Waals surface area contributed by atoms with Crippen LogP contribution in [0.2, 0.25) is 0 Å². The van der Waals surface area contributed by atoms with Crippen molar-refractivity contribution in [2.75, 3.05) is 7.11 Å². The van der Waals surface area contributed by atoms with Crippen LogP contribution in [0.25, 0.3) is 10.8 Å². The number of rotatable bonds is 2. The molecule has 3 aromatic rings. The summed E-state index contributed by atoms with van der Waals surface area (Å²) in [4.78, 5) is 0. The van der Waals surface area contributed by atoms with Crippen molar-refractivity contribution < 1.29 is 9.84 Å². The lowest BCUT2D eigenvalue weighted by Gasteiger charge is -2.04. The third-order valence-corrected chi connectivity index (χ3v) is 3.69. The largest absolute Gasteiger partial charge is 0.497 e. The number of aliphatic hydroxyl groups is 1. The number of hydrogen-bond acceptors (Lipinski definition) is 2. The molecular formula is C22H16O2. The standard InChI is InChI=1S/C22H16O2/c1-24-20-15-13-19(14-16-20)22(23)12-5-3-8-18-10-6-9-17-7-2-4-11-21(17)18/h2,4,6-7,9-11,13-16,22-23H,1H3. The van der Waals surface area contributed by atoms with Gasteiger partial charge in [-0.2, -0.15) is 0 Å². The molecule has 116 valence electrons. The Balaban J connectivity index is 1.78. The second-order valence-corrected chi connectivity index (χ2v) is 5.22. The van der Waals surface area contributed by atoms with Gasteiger partial charge in [0.05, 0.1) is 7.11 Å². The first-order valence-corrected chi connectivity index (χ1v) is 7.59. The summed E-state index contributed by atoms with van der Waals surface area (Å²) in [7, 11) is 1.61. The van der Waals surface area contributed by atoms with Crippen molar-refractivity contribution in [3.8, 4) is 29.4 Å². The van der Waals surface area contributed by atoms with Crippen molar-refractivity contribution >= 4 is 10.8 Å². The maximum absolute atomic E-state index is 10.1. The average Bonchev–Trinajstić information content (AvgIpc) is 2.65. The monoisotopic (exact) mass is 312 g/mol. The Morgan fingerprint density at radius 3 is 2.42 bits per heavy atom. The summed E-state index contributed by atoms with van der Waals surface area (Å²) in [5, 5.41) is 12.3. The number of methoxy groups -OCH3 is 1. The van der Waals surface area contributed by atoms with Gasteiger partial charge in [0.25, 0.3) is 0 Å². The van der Waals surface area contributed by atoms with Crippen LogP contribution in [-0.4, -0.2) is 12.2 Å². The van der Waals surface area contributed by atoms with Gasteiger partial charge in [0.2, 0.25) is 0 Å². The van der Waals surface area contributed by atoms with E-state index in [0.717, 1.165) is 27.6 Å². The lowest BCUT2D eigenvalue weighted by molar-refractivity contribution is 0.238. The van der Waals surface area contributed by atoms with Crippen LogP contribution in [0.1, 0.15) is 17.2 Å². The van der Waals surface area contributed by atoms with E-state index in [0.29, 0.717) is 0 Å². The van der Waals surface area contributed by atoms with Gasteiger partial charge in [-0.15, -0.1) is 0 Å². The molecule has 0 aromatic heterocycles. The predicted molar refractivity (Wildman–Crippen MR) is 96.6 cm³/mol. The van der Waals surface area contributed by atoms with Crippen LogP contribution >= 0.6 is 0 Å². The molecule has 0 radical (unpaired) electrons. The summed E-state index contributed by atoms with van der Waals surface area (Å²) in [6.45, 7) is 0. The van der Waals surface area contributed by atoms with E-state index in [4.69, 9.17) is 4.74 Å². The first kappa shape index (κ1) is 15.7. The van der Waals surface area contributed by atoms with Gasteiger partial charge < -0.3 is 9.84 Å². The maximum Gasteiger partial charge on any atom is 0.141 e. The third kappa shape index (κ3) is 3.58. The van der Waals surface area contributed by atoms with Crippen LogP contribution in [0.5, 0.6) is 5.75 Å². The first-order valence-electron chi connectivity index (χ1n) is 7.59. The molecule has 3 aromatic carbocycles. The zero-order valence-electron chi connectivity index (χ0n) is 13.3. The molecule has 0 aliphatic heterocycles. The smallest absolute Gasteiger partial charge is 0.141 e. The summed E-state index contributed by atoms with van der Waals surface area (Å²) in [5.74, 6) is 12.1. The molecule has 0 aliphatic rings. The van der Waals surface area contributed by atoms with E-state index in [2.05, 4.69) is 35.8 Å². The van der Waals surface area contributed by atoms with Gasteiger partial charge in [0.15, 0.2) is 0 Å². The summed E-state index contributed by atoms with van der Waals surface area (Å²) < 4.78 is 5.09. The van der Waals surface area contributed by atoms with E-state index in [1.54, 1.807) is 31.4 Å². The van der Waals surface area contributed by atoms with Crippen molar-refractivity contribution in [2.24, 2.45) is 0 Å². The second kappa shape index (κ2) is 7.38. The van der Waals surface area contributed by atoms with Crippen LogP contribution in [0.15, 0.2) is 66.7 Å². The number of hydrogen-bond donors (Lipinski definition) is 1. The van der Waals surface area contributed by atoms with Crippen LogP contribution in [0.3, 0.4) is 0 Å². The molecule has 2 nitrogen and oxygen atoms in total. The molecule has 2 heteroatoms. The lowest BCUT2D eigenvalue weighted by Crippen LogP contribution is -1.93. The van der Waals surface area contributed by atoms with E-state index in [1.165, 1.54) is 0 Å². The normalized spacial score (nSPS) is 10.9. The molecule has 0 saturated carbocycles. The molecule has 1 N–H and O–H groups in total. The molecule has 3 rings (SSSR count). The highest BCUT2D eigenvalue weighted by atomic mass is 16.5. The lowest BCUT2D eigenvalue weighted by atomic mass is 10.1. The van der Waals surface area contributed by atoms with Gasteiger partial charge in [-0.25, -0.2) is 0 Å². The minimum atomic E-state index is -0.863. The van der Waals surface area contributed by atoms with E-state index in [1.807, 2.05) is 30.3 Å². The molecule has 0 fully saturated rings. The van der Waals surface area contributed by atoms with Gasteiger partial charge >= 0.3 is 0 Å². The highest BCUT2D eigenvalue weighted by Crippen LogP contribution is 2.18. The van der Waals surface area contributed by atoms with Gasteiger partial charge in [0.1, 0.15) is 11.9 Å². The van der Waals surface area contributed by atoms with E-state index < -0.39 is 6.10 Å². The first-order chi connectivity index (χ1) is 11.8. The fraction of sp³-hybridized carbons (Fsp3) is 0.0909. The molecule has 0 aliphatic carbocycles. The Morgan fingerprint density at radius 1 is 0.875 bits per heavy atom. The molecule has 1 unspecified atom stereocenters. The number of ether oxygens (including phenoxy) is 1. The molecular weight excluding hydrogens is 296 g/mol. The fourth-order valence-corrected chi connectivity index (χ4v) is 2.41. The summed E-state index contributed by atoms with van der Waals surface area (Å²) >= 11 is 0. The number of aliphatic hydroxyl groups excluding tert-OH is 1. The quantitative estimate of drug-likeness (QED) is 0.726. The zero-order valence-corrected chi connectivity index (χ0v) is 13.3. The molecule has 1 atom stereocenters. The summed E-state index contributed by atoms with van der Waals surface area (Å²) in [6.07, 6.45) is -0.863. The topological polar surface area (TPSA) is 29.5 Å². The minimum absolute atomic E-state index is 0.718. The minimum Gasteiger partial charge on any atom is -0.497 e. The van der Waals surface area contributed by atoms with Crippen LogP contribution < -0.4 is 4.74 Å². The summed E-state index contributed by atoms with van der Waals surface area (Å²) in [6, 6.07) is 21.3. The Labute approximate surface area is 141 Å². The van der Waals surface area contributed by atoms with Crippen LogP contribution in [-0.2, 0) is 0 Å². The Kier molecular flexibility index (Phi) is 4.82. The highest BCUT2D eigenvalue weighted by Gasteiger charge is 2.02. The molecule has 0 saturated heterocycles. The zero-order chi connectivity index (χ0) is 16.8. The van der Waals surface area contributed by atoms with Gasteiger partial charge in [-0.05, 0) is 46.4 Å².